The number of aromatic nitrogens is 3. The summed E-state index contributed by atoms with van der Waals surface area (Å²) in [5, 5.41) is 0. The molecular weight excluding hydrogens is 282 g/mol. The number of likely N-dealkylation sites (tertiary alicyclic amines) is 1. The van der Waals surface area contributed by atoms with Crippen LogP contribution >= 0.6 is 0 Å². The van der Waals surface area contributed by atoms with Crippen LogP contribution in [-0.4, -0.2) is 44.8 Å². The maximum atomic E-state index is 12.5. The minimum absolute atomic E-state index is 0.0835. The molecule has 22 heavy (non-hydrogen) atoms. The van der Waals surface area contributed by atoms with E-state index < -0.39 is 5.91 Å². The fourth-order valence-corrected chi connectivity index (χ4v) is 2.73. The summed E-state index contributed by atoms with van der Waals surface area (Å²) in [5.41, 5.74) is 5.77. The van der Waals surface area contributed by atoms with Gasteiger partial charge in [-0.25, -0.2) is 4.98 Å². The zero-order chi connectivity index (χ0) is 15.5. The van der Waals surface area contributed by atoms with Crippen molar-refractivity contribution >= 4 is 11.8 Å². The average molecular weight is 299 g/mol. The number of imidazole rings is 1. The number of piperidine rings is 1. The highest BCUT2D eigenvalue weighted by atomic mass is 16.2. The Bertz CT molecular complexity index is 666. The first-order valence-electron chi connectivity index (χ1n) is 7.19. The first-order chi connectivity index (χ1) is 10.6. The number of hydrogen-bond donors (Lipinski definition) is 2. The van der Waals surface area contributed by atoms with Gasteiger partial charge in [0.15, 0.2) is 0 Å². The lowest BCUT2D eigenvalue weighted by Crippen LogP contribution is -2.39. The van der Waals surface area contributed by atoms with Crippen molar-refractivity contribution in [3.63, 3.8) is 0 Å². The Morgan fingerprint density at radius 2 is 2.18 bits per heavy atom. The number of nitrogens with zero attached hydrogens (tertiary/aromatic N) is 3. The van der Waals surface area contributed by atoms with Crippen molar-refractivity contribution in [2.75, 3.05) is 13.1 Å². The summed E-state index contributed by atoms with van der Waals surface area (Å²) in [6.07, 6.45) is 6.87. The Morgan fingerprint density at radius 3 is 2.82 bits per heavy atom. The zero-order valence-electron chi connectivity index (χ0n) is 12.0. The van der Waals surface area contributed by atoms with Crippen molar-refractivity contribution < 1.29 is 9.59 Å². The van der Waals surface area contributed by atoms with E-state index in [1.807, 2.05) is 0 Å². The van der Waals surface area contributed by atoms with Gasteiger partial charge in [-0.15, -0.1) is 0 Å². The number of nitrogens with one attached hydrogen (secondary N) is 1. The number of aromatic amines is 1. The molecule has 1 saturated heterocycles. The van der Waals surface area contributed by atoms with E-state index >= 15 is 0 Å². The Labute approximate surface area is 127 Å². The molecule has 0 radical (unpaired) electrons. The molecule has 2 aromatic heterocycles. The third kappa shape index (κ3) is 2.83. The van der Waals surface area contributed by atoms with Crippen LogP contribution < -0.4 is 5.73 Å². The number of nitrogens with two attached hydrogens (primary N) is 1. The summed E-state index contributed by atoms with van der Waals surface area (Å²) in [5.74, 6) is 0.458. The van der Waals surface area contributed by atoms with Crippen LogP contribution in [0, 0.1) is 0 Å². The molecule has 0 bridgehead atoms. The third-order valence-corrected chi connectivity index (χ3v) is 3.88. The summed E-state index contributed by atoms with van der Waals surface area (Å²) in [6, 6.07) is 3.06. The molecule has 114 valence electrons. The minimum Gasteiger partial charge on any atom is -0.364 e. The zero-order valence-corrected chi connectivity index (χ0v) is 12.0. The number of H-pyrrole nitrogens is 1. The molecular formula is C15H17N5O2. The molecule has 0 aromatic carbocycles. The van der Waals surface area contributed by atoms with Crippen molar-refractivity contribution in [2.45, 2.75) is 18.8 Å². The molecule has 3 heterocycles. The van der Waals surface area contributed by atoms with Crippen LogP contribution in [0.1, 0.15) is 45.4 Å². The lowest BCUT2D eigenvalue weighted by molar-refractivity contribution is 0.0704. The minimum atomic E-state index is -0.602. The molecule has 3 rings (SSSR count). The van der Waals surface area contributed by atoms with E-state index in [-0.39, 0.29) is 17.5 Å². The normalized spacial score (nSPS) is 18.2. The molecule has 7 heteroatoms. The first kappa shape index (κ1) is 14.2. The number of rotatable bonds is 3. The number of primary amides is 1. The van der Waals surface area contributed by atoms with Crippen LogP contribution in [0.5, 0.6) is 0 Å². The number of hydrogen-bond acceptors (Lipinski definition) is 4. The first-order valence-corrected chi connectivity index (χ1v) is 7.19. The van der Waals surface area contributed by atoms with Crippen molar-refractivity contribution in [1.82, 2.24) is 19.9 Å². The highest BCUT2D eigenvalue weighted by molar-refractivity contribution is 5.95. The standard InChI is InChI=1S/C15H17N5O2/c16-13(21)12-4-3-10(8-19-12)15(22)20-7-1-2-11(9-20)14-17-5-6-18-14/h3-6,8,11H,1-2,7,9H2,(H2,16,21)(H,17,18). The monoisotopic (exact) mass is 299 g/mol. The van der Waals surface area contributed by atoms with Crippen molar-refractivity contribution in [3.8, 4) is 0 Å². The van der Waals surface area contributed by atoms with Gasteiger partial charge in [0.25, 0.3) is 11.8 Å². The number of carbonyl (C=O) groups is 2. The van der Waals surface area contributed by atoms with Gasteiger partial charge in [-0.3, -0.25) is 14.6 Å². The lowest BCUT2D eigenvalue weighted by Gasteiger charge is -2.31. The van der Waals surface area contributed by atoms with Gasteiger partial charge >= 0.3 is 0 Å². The van der Waals surface area contributed by atoms with E-state index in [4.69, 9.17) is 5.73 Å². The number of amides is 2. The summed E-state index contributed by atoms with van der Waals surface area (Å²) in [7, 11) is 0. The smallest absolute Gasteiger partial charge is 0.267 e. The third-order valence-electron chi connectivity index (χ3n) is 3.88. The largest absolute Gasteiger partial charge is 0.364 e. The molecule has 1 unspecified atom stereocenters. The lowest BCUT2D eigenvalue weighted by atomic mass is 9.97. The Balaban J connectivity index is 1.72. The topological polar surface area (TPSA) is 105 Å². The number of pyridine rings is 1. The molecule has 0 spiro atoms. The van der Waals surface area contributed by atoms with Gasteiger partial charge in [0.05, 0.1) is 5.56 Å². The molecule has 1 aliphatic rings. The van der Waals surface area contributed by atoms with Crippen molar-refractivity contribution in [3.05, 3.63) is 47.8 Å². The van der Waals surface area contributed by atoms with Crippen LogP contribution in [0.25, 0.3) is 0 Å². The fourth-order valence-electron chi connectivity index (χ4n) is 2.73. The molecule has 3 N–H and O–H groups in total. The molecule has 7 nitrogen and oxygen atoms in total. The summed E-state index contributed by atoms with van der Waals surface area (Å²) in [4.78, 5) is 36.7. The van der Waals surface area contributed by atoms with E-state index in [1.54, 1.807) is 23.4 Å². The maximum Gasteiger partial charge on any atom is 0.267 e. The Morgan fingerprint density at radius 1 is 1.32 bits per heavy atom. The van der Waals surface area contributed by atoms with Crippen molar-refractivity contribution in [2.24, 2.45) is 5.73 Å². The quantitative estimate of drug-likeness (QED) is 0.879. The SMILES string of the molecule is NC(=O)c1ccc(C(=O)N2CCCC(c3ncc[nH]3)C2)cn1. The van der Waals surface area contributed by atoms with E-state index in [0.29, 0.717) is 18.7 Å². The second-order valence-electron chi connectivity index (χ2n) is 5.36. The Kier molecular flexibility index (Phi) is 3.86. The van der Waals surface area contributed by atoms with E-state index in [1.165, 1.54) is 12.3 Å². The number of carbonyl (C=O) groups excluding carboxylic acids is 2. The molecule has 2 aromatic rings. The van der Waals surface area contributed by atoms with Gasteiger partial charge in [-0.2, -0.15) is 0 Å². The molecule has 0 saturated carbocycles. The molecule has 2 amide bonds. The van der Waals surface area contributed by atoms with Gasteiger partial charge < -0.3 is 15.6 Å². The highest BCUT2D eigenvalue weighted by Crippen LogP contribution is 2.25. The van der Waals surface area contributed by atoms with Gasteiger partial charge in [-0.05, 0) is 25.0 Å². The van der Waals surface area contributed by atoms with Gasteiger partial charge in [-0.1, -0.05) is 0 Å². The van der Waals surface area contributed by atoms with Gasteiger partial charge in [0.2, 0.25) is 0 Å². The van der Waals surface area contributed by atoms with Crippen LogP contribution in [0.2, 0.25) is 0 Å². The van der Waals surface area contributed by atoms with Crippen molar-refractivity contribution in [1.29, 1.82) is 0 Å². The highest BCUT2D eigenvalue weighted by Gasteiger charge is 2.26. The molecule has 1 fully saturated rings. The van der Waals surface area contributed by atoms with Gasteiger partial charge in [0, 0.05) is 37.6 Å². The van der Waals surface area contributed by atoms with E-state index in [9.17, 15) is 9.59 Å². The van der Waals surface area contributed by atoms with Crippen LogP contribution in [-0.2, 0) is 0 Å². The Hall–Kier alpha value is -2.70. The molecule has 1 atom stereocenters. The van der Waals surface area contributed by atoms with Crippen LogP contribution in [0.4, 0.5) is 0 Å². The van der Waals surface area contributed by atoms with Gasteiger partial charge in [0.1, 0.15) is 11.5 Å². The summed E-state index contributed by atoms with van der Waals surface area (Å²) in [6.45, 7) is 1.34. The molecule has 0 aliphatic carbocycles. The predicted octanol–water partition coefficient (Wildman–Crippen LogP) is 0.923. The summed E-state index contributed by atoms with van der Waals surface area (Å²) < 4.78 is 0. The van der Waals surface area contributed by atoms with Crippen LogP contribution in [0.15, 0.2) is 30.7 Å². The van der Waals surface area contributed by atoms with E-state index in [0.717, 1.165) is 18.7 Å². The fraction of sp³-hybridized carbons (Fsp3) is 0.333. The van der Waals surface area contributed by atoms with E-state index in [2.05, 4.69) is 15.0 Å². The predicted molar refractivity (Wildman–Crippen MR) is 79.2 cm³/mol. The maximum absolute atomic E-state index is 12.5. The second-order valence-corrected chi connectivity index (χ2v) is 5.36. The molecule has 1 aliphatic heterocycles. The average Bonchev–Trinajstić information content (AvgIpc) is 3.09. The second kappa shape index (κ2) is 5.97. The summed E-state index contributed by atoms with van der Waals surface area (Å²) >= 11 is 0. The van der Waals surface area contributed by atoms with Crippen LogP contribution in [0.3, 0.4) is 0 Å².